The van der Waals surface area contributed by atoms with Crippen LogP contribution in [0.2, 0.25) is 4.44 Å². The molecule has 2 heterocycles. The molecule has 1 atom stereocenters. The fourth-order valence-electron chi connectivity index (χ4n) is 2.32. The summed E-state index contributed by atoms with van der Waals surface area (Å²) in [5, 5.41) is 18.8. The number of nitrogen functional groups attached to an aromatic ring is 1. The van der Waals surface area contributed by atoms with Gasteiger partial charge in [0.2, 0.25) is 0 Å². The number of aromatic nitrogens is 2. The zero-order valence-electron chi connectivity index (χ0n) is 12.6. The van der Waals surface area contributed by atoms with Gasteiger partial charge in [0.1, 0.15) is 0 Å². The van der Waals surface area contributed by atoms with E-state index in [2.05, 4.69) is 16.4 Å². The average Bonchev–Trinajstić information content (AvgIpc) is 2.85. The Morgan fingerprint density at radius 2 is 2.36 bits per heavy atom. The second-order valence-corrected chi connectivity index (χ2v) is 11.7. The SMILES string of the molecule is [CH2]=[Sn]([CH2]CCC)[c]1cn([C@H]2CC(O)=C(CO)O2)c(=O)nc1N. The molecule has 0 radical (unpaired) electrons. The van der Waals surface area contributed by atoms with E-state index >= 15 is 0 Å². The van der Waals surface area contributed by atoms with Crippen LogP contribution in [0.5, 0.6) is 0 Å². The minimum absolute atomic E-state index is 0.0442. The molecule has 0 bridgehead atoms. The Morgan fingerprint density at radius 3 is 2.95 bits per heavy atom. The van der Waals surface area contributed by atoms with Crippen molar-refractivity contribution in [3.8, 4) is 0 Å². The van der Waals surface area contributed by atoms with Crippen LogP contribution in [0, 0.1) is 0 Å². The van der Waals surface area contributed by atoms with Crippen LogP contribution in [0.15, 0.2) is 22.5 Å². The topological polar surface area (TPSA) is 111 Å². The molecule has 7 nitrogen and oxygen atoms in total. The van der Waals surface area contributed by atoms with Gasteiger partial charge in [-0.3, -0.25) is 0 Å². The first-order chi connectivity index (χ1) is 10.5. The molecular formula is C14H21N3O4Sn. The molecule has 0 spiro atoms. The number of hydrogen-bond donors (Lipinski definition) is 3. The summed E-state index contributed by atoms with van der Waals surface area (Å²) in [7, 11) is 0. The number of anilines is 1. The summed E-state index contributed by atoms with van der Waals surface area (Å²) >= 11 is -2.13. The molecule has 1 aliphatic rings. The summed E-state index contributed by atoms with van der Waals surface area (Å²) in [6.07, 6.45) is 3.30. The molecule has 22 heavy (non-hydrogen) atoms. The van der Waals surface area contributed by atoms with E-state index in [1.165, 1.54) is 4.57 Å². The van der Waals surface area contributed by atoms with Gasteiger partial charge >= 0.3 is 135 Å². The van der Waals surface area contributed by atoms with E-state index in [4.69, 9.17) is 15.6 Å². The molecular weight excluding hydrogens is 393 g/mol. The molecule has 1 aromatic heterocycles. The Labute approximate surface area is 135 Å². The van der Waals surface area contributed by atoms with Crippen molar-refractivity contribution in [1.82, 2.24) is 9.55 Å². The van der Waals surface area contributed by atoms with Gasteiger partial charge in [-0.2, -0.15) is 0 Å². The predicted octanol–water partition coefficient (Wildman–Crippen LogP) is 0.0219. The molecule has 0 aromatic carbocycles. The first-order valence-corrected chi connectivity index (χ1v) is 12.7. The molecule has 0 unspecified atom stereocenters. The number of unbranched alkanes of at least 4 members (excludes halogenated alkanes) is 1. The molecule has 2 rings (SSSR count). The summed E-state index contributed by atoms with van der Waals surface area (Å²) in [6, 6.07) is 0. The van der Waals surface area contributed by atoms with Crippen LogP contribution in [0.1, 0.15) is 32.4 Å². The number of hydrogen-bond acceptors (Lipinski definition) is 6. The van der Waals surface area contributed by atoms with E-state index in [0.29, 0.717) is 0 Å². The van der Waals surface area contributed by atoms with Crippen molar-refractivity contribution in [1.29, 1.82) is 0 Å². The molecule has 0 aliphatic carbocycles. The van der Waals surface area contributed by atoms with Crippen molar-refractivity contribution < 1.29 is 14.9 Å². The minimum atomic E-state index is -2.13. The van der Waals surface area contributed by atoms with Crippen LogP contribution in [-0.4, -0.2) is 50.2 Å². The summed E-state index contributed by atoms with van der Waals surface area (Å²) in [5.41, 5.74) is 5.36. The van der Waals surface area contributed by atoms with Crippen LogP contribution in [-0.2, 0) is 4.74 Å². The zero-order chi connectivity index (χ0) is 16.3. The van der Waals surface area contributed by atoms with Crippen molar-refractivity contribution in [2.24, 2.45) is 0 Å². The Balaban J connectivity index is 2.30. The molecule has 1 aromatic rings. The number of nitrogens with zero attached hydrogens (tertiary/aromatic N) is 2. The molecule has 1 aliphatic heterocycles. The Hall–Kier alpha value is -1.35. The summed E-state index contributed by atoms with van der Waals surface area (Å²) in [5.74, 6) is 0.311. The number of ether oxygens (including phenoxy) is 1. The molecule has 0 saturated heterocycles. The van der Waals surface area contributed by atoms with Crippen molar-refractivity contribution in [3.05, 3.63) is 28.2 Å². The molecule has 4 N–H and O–H groups in total. The van der Waals surface area contributed by atoms with Crippen LogP contribution in [0.25, 0.3) is 0 Å². The first kappa shape index (κ1) is 17.0. The van der Waals surface area contributed by atoms with Gasteiger partial charge in [-0.15, -0.1) is 0 Å². The average molecular weight is 414 g/mol. The van der Waals surface area contributed by atoms with Crippen molar-refractivity contribution >= 4 is 33.2 Å². The van der Waals surface area contributed by atoms with Gasteiger partial charge in [-0.25, -0.2) is 0 Å². The fourth-order valence-corrected chi connectivity index (χ4v) is 7.43. The third kappa shape index (κ3) is 3.52. The van der Waals surface area contributed by atoms with Crippen LogP contribution in [0.4, 0.5) is 5.82 Å². The molecule has 0 fully saturated rings. The van der Waals surface area contributed by atoms with E-state index in [-0.39, 0.29) is 23.8 Å². The first-order valence-electron chi connectivity index (χ1n) is 7.23. The third-order valence-corrected chi connectivity index (χ3v) is 9.62. The van der Waals surface area contributed by atoms with Crippen LogP contribution >= 0.6 is 0 Å². The van der Waals surface area contributed by atoms with Gasteiger partial charge in [0.05, 0.1) is 0 Å². The Kier molecular flexibility index (Phi) is 5.62. The quantitative estimate of drug-likeness (QED) is 0.567. The van der Waals surface area contributed by atoms with Crippen molar-refractivity contribution in [2.75, 3.05) is 12.3 Å². The Morgan fingerprint density at radius 1 is 1.64 bits per heavy atom. The maximum atomic E-state index is 12.0. The van der Waals surface area contributed by atoms with Crippen LogP contribution in [0.3, 0.4) is 0 Å². The van der Waals surface area contributed by atoms with Gasteiger partial charge in [0.15, 0.2) is 0 Å². The van der Waals surface area contributed by atoms with E-state index in [1.54, 1.807) is 6.20 Å². The molecule has 0 amide bonds. The van der Waals surface area contributed by atoms with Gasteiger partial charge in [-0.05, 0) is 0 Å². The number of rotatable bonds is 6. The predicted molar refractivity (Wildman–Crippen MR) is 86.6 cm³/mol. The number of aliphatic hydroxyl groups is 2. The summed E-state index contributed by atoms with van der Waals surface area (Å²) in [6.45, 7) is 1.72. The zero-order valence-corrected chi connectivity index (χ0v) is 15.4. The van der Waals surface area contributed by atoms with Crippen molar-refractivity contribution in [2.45, 2.75) is 36.9 Å². The van der Waals surface area contributed by atoms with Gasteiger partial charge in [-0.1, -0.05) is 0 Å². The summed E-state index contributed by atoms with van der Waals surface area (Å²) in [4.78, 5) is 15.9. The van der Waals surface area contributed by atoms with E-state index < -0.39 is 37.8 Å². The third-order valence-electron chi connectivity index (χ3n) is 3.62. The van der Waals surface area contributed by atoms with Gasteiger partial charge < -0.3 is 0 Å². The Bertz CT molecular complexity index is 669. The normalized spacial score (nSPS) is 17.6. The molecule has 8 heteroatoms. The van der Waals surface area contributed by atoms with Crippen LogP contribution < -0.4 is 15.0 Å². The summed E-state index contributed by atoms with van der Waals surface area (Å²) < 4.78 is 12.9. The second kappa shape index (κ2) is 7.27. The maximum absolute atomic E-state index is 12.0. The van der Waals surface area contributed by atoms with Crippen molar-refractivity contribution in [3.63, 3.8) is 0 Å². The number of aliphatic hydroxyl groups excluding tert-OH is 2. The van der Waals surface area contributed by atoms with Gasteiger partial charge in [0.25, 0.3) is 0 Å². The van der Waals surface area contributed by atoms with E-state index in [0.717, 1.165) is 20.9 Å². The van der Waals surface area contributed by atoms with E-state index in [9.17, 15) is 9.90 Å². The number of nitrogens with two attached hydrogens (primary N) is 1. The standard InChI is InChI=1S/C9H10N3O4.C4H9.CH2.Sn/c10-7-1-2-12(9(15)11-7)8-3-5(14)6(4-13)16-8;1-3-4-2;;/h2,8,13-14H,3-4H2,(H2,10,11,15);1,3-4H2,2H3;1H2;/t8-;;;/m1.../s1. The van der Waals surface area contributed by atoms with Gasteiger partial charge in [0, 0.05) is 0 Å². The fraction of sp³-hybridized carbons (Fsp3) is 0.500. The monoisotopic (exact) mass is 415 g/mol. The molecule has 0 saturated carbocycles. The van der Waals surface area contributed by atoms with E-state index in [1.807, 2.05) is 0 Å². The molecule has 120 valence electrons. The second-order valence-electron chi connectivity index (χ2n) is 5.24.